The maximum absolute atomic E-state index is 9.59. The molecule has 3 nitrogen and oxygen atoms in total. The average Bonchev–Trinajstić information content (AvgIpc) is 2.38. The highest BCUT2D eigenvalue weighted by Gasteiger charge is 2.31. The van der Waals surface area contributed by atoms with E-state index in [1.54, 1.807) is 6.07 Å². The summed E-state index contributed by atoms with van der Waals surface area (Å²) < 4.78 is 0. The molecular formula is C13H19ClN2O. The first-order chi connectivity index (χ1) is 8.24. The summed E-state index contributed by atoms with van der Waals surface area (Å²) in [6.07, 6.45) is 5.90. The standard InChI is InChI=1S/C13H19ClN2O/c14-11-5-4-6-12(16-11)15-9-13(10-17)7-2-1-3-8-13/h4-6,17H,1-3,7-10H2,(H,15,16). The van der Waals surface area contributed by atoms with Crippen molar-refractivity contribution < 1.29 is 5.11 Å². The molecule has 1 aliphatic carbocycles. The lowest BCUT2D eigenvalue weighted by Crippen LogP contribution is -2.35. The number of aromatic nitrogens is 1. The number of hydrogen-bond acceptors (Lipinski definition) is 3. The molecule has 4 heteroatoms. The Kier molecular flexibility index (Phi) is 4.24. The fourth-order valence-electron chi connectivity index (χ4n) is 2.48. The second-order valence-electron chi connectivity index (χ2n) is 4.92. The highest BCUT2D eigenvalue weighted by molar-refractivity contribution is 6.29. The van der Waals surface area contributed by atoms with Crippen LogP contribution in [0, 0.1) is 5.41 Å². The number of anilines is 1. The Morgan fingerprint density at radius 1 is 1.29 bits per heavy atom. The Bertz CT molecular complexity index is 364. The lowest BCUT2D eigenvalue weighted by atomic mass is 9.74. The van der Waals surface area contributed by atoms with Gasteiger partial charge in [-0.3, -0.25) is 0 Å². The van der Waals surface area contributed by atoms with Gasteiger partial charge in [0.25, 0.3) is 0 Å². The van der Waals surface area contributed by atoms with Gasteiger partial charge < -0.3 is 10.4 Å². The number of rotatable bonds is 4. The van der Waals surface area contributed by atoms with E-state index >= 15 is 0 Å². The van der Waals surface area contributed by atoms with Crippen molar-refractivity contribution in [2.75, 3.05) is 18.5 Å². The molecule has 2 N–H and O–H groups in total. The Morgan fingerprint density at radius 3 is 2.71 bits per heavy atom. The topological polar surface area (TPSA) is 45.1 Å². The maximum atomic E-state index is 9.59. The lowest BCUT2D eigenvalue weighted by molar-refractivity contribution is 0.0943. The van der Waals surface area contributed by atoms with Crippen molar-refractivity contribution >= 4 is 17.4 Å². The number of halogens is 1. The van der Waals surface area contributed by atoms with Crippen LogP contribution in [-0.2, 0) is 0 Å². The van der Waals surface area contributed by atoms with Crippen LogP contribution in [0.1, 0.15) is 32.1 Å². The van der Waals surface area contributed by atoms with Crippen LogP contribution in [0.15, 0.2) is 18.2 Å². The highest BCUT2D eigenvalue weighted by atomic mass is 35.5. The Morgan fingerprint density at radius 2 is 2.06 bits per heavy atom. The molecule has 0 spiro atoms. The van der Waals surface area contributed by atoms with Crippen molar-refractivity contribution in [2.45, 2.75) is 32.1 Å². The summed E-state index contributed by atoms with van der Waals surface area (Å²) >= 11 is 5.83. The van der Waals surface area contributed by atoms with Crippen molar-refractivity contribution in [3.63, 3.8) is 0 Å². The van der Waals surface area contributed by atoms with Gasteiger partial charge in [-0.25, -0.2) is 4.98 Å². The second-order valence-corrected chi connectivity index (χ2v) is 5.31. The van der Waals surface area contributed by atoms with Gasteiger partial charge in [0.15, 0.2) is 0 Å². The lowest BCUT2D eigenvalue weighted by Gasteiger charge is -2.35. The number of nitrogens with zero attached hydrogens (tertiary/aromatic N) is 1. The SMILES string of the molecule is OCC1(CNc2cccc(Cl)n2)CCCCC1. The van der Waals surface area contributed by atoms with Crippen LogP contribution >= 0.6 is 11.6 Å². The van der Waals surface area contributed by atoms with E-state index < -0.39 is 0 Å². The molecule has 1 saturated carbocycles. The molecule has 1 aromatic heterocycles. The van der Waals surface area contributed by atoms with E-state index in [9.17, 15) is 5.11 Å². The molecule has 0 aliphatic heterocycles. The van der Waals surface area contributed by atoms with E-state index in [2.05, 4.69) is 10.3 Å². The zero-order valence-corrected chi connectivity index (χ0v) is 10.7. The molecule has 1 aliphatic rings. The molecule has 1 heterocycles. The molecular weight excluding hydrogens is 236 g/mol. The summed E-state index contributed by atoms with van der Waals surface area (Å²) in [4.78, 5) is 4.20. The van der Waals surface area contributed by atoms with E-state index in [4.69, 9.17) is 11.6 Å². The van der Waals surface area contributed by atoms with Crippen molar-refractivity contribution in [2.24, 2.45) is 5.41 Å². The van der Waals surface area contributed by atoms with Gasteiger partial charge in [-0.2, -0.15) is 0 Å². The van der Waals surface area contributed by atoms with Gasteiger partial charge in [-0.15, -0.1) is 0 Å². The molecule has 0 unspecified atom stereocenters. The number of hydrogen-bond donors (Lipinski definition) is 2. The molecule has 94 valence electrons. The number of aliphatic hydroxyl groups is 1. The van der Waals surface area contributed by atoms with Crippen LogP contribution in [0.3, 0.4) is 0 Å². The van der Waals surface area contributed by atoms with Gasteiger partial charge in [-0.1, -0.05) is 36.9 Å². The van der Waals surface area contributed by atoms with Gasteiger partial charge in [0, 0.05) is 12.0 Å². The molecule has 2 rings (SSSR count). The van der Waals surface area contributed by atoms with Crippen molar-refractivity contribution in [1.82, 2.24) is 4.98 Å². The maximum Gasteiger partial charge on any atom is 0.131 e. The molecule has 0 saturated heterocycles. The largest absolute Gasteiger partial charge is 0.396 e. The minimum absolute atomic E-state index is 0.0300. The van der Waals surface area contributed by atoms with Crippen LogP contribution in [0.4, 0.5) is 5.82 Å². The predicted molar refractivity (Wildman–Crippen MR) is 70.3 cm³/mol. The van der Waals surface area contributed by atoms with Crippen molar-refractivity contribution in [1.29, 1.82) is 0 Å². The Hall–Kier alpha value is -0.800. The van der Waals surface area contributed by atoms with Crippen LogP contribution in [0.5, 0.6) is 0 Å². The second kappa shape index (κ2) is 5.69. The van der Waals surface area contributed by atoms with Crippen LogP contribution in [0.25, 0.3) is 0 Å². The van der Waals surface area contributed by atoms with Crippen LogP contribution in [-0.4, -0.2) is 23.2 Å². The quantitative estimate of drug-likeness (QED) is 0.812. The fraction of sp³-hybridized carbons (Fsp3) is 0.615. The Labute approximate surface area is 107 Å². The first kappa shape index (κ1) is 12.7. The number of aliphatic hydroxyl groups excluding tert-OH is 1. The monoisotopic (exact) mass is 254 g/mol. The molecule has 1 fully saturated rings. The molecule has 0 aromatic carbocycles. The normalized spacial score (nSPS) is 18.9. The molecule has 0 radical (unpaired) electrons. The summed E-state index contributed by atoms with van der Waals surface area (Å²) in [7, 11) is 0. The minimum atomic E-state index is 0.0300. The van der Waals surface area contributed by atoms with Gasteiger partial charge in [0.2, 0.25) is 0 Å². The Balaban J connectivity index is 1.95. The zero-order chi connectivity index (χ0) is 12.1. The molecule has 1 aromatic rings. The highest BCUT2D eigenvalue weighted by Crippen LogP contribution is 2.35. The summed E-state index contributed by atoms with van der Waals surface area (Å²) in [6.45, 7) is 1.03. The smallest absolute Gasteiger partial charge is 0.131 e. The van der Waals surface area contributed by atoms with E-state index in [1.165, 1.54) is 19.3 Å². The van der Waals surface area contributed by atoms with Gasteiger partial charge in [0.05, 0.1) is 6.61 Å². The molecule has 0 amide bonds. The van der Waals surface area contributed by atoms with Crippen molar-refractivity contribution in [3.05, 3.63) is 23.4 Å². The fourth-order valence-corrected chi connectivity index (χ4v) is 2.64. The molecule has 0 bridgehead atoms. The summed E-state index contributed by atoms with van der Waals surface area (Å²) in [6, 6.07) is 5.54. The minimum Gasteiger partial charge on any atom is -0.396 e. The number of pyridine rings is 1. The number of nitrogens with one attached hydrogen (secondary N) is 1. The third kappa shape index (κ3) is 3.33. The molecule has 17 heavy (non-hydrogen) atoms. The van der Waals surface area contributed by atoms with Gasteiger partial charge in [-0.05, 0) is 25.0 Å². The van der Waals surface area contributed by atoms with E-state index in [0.717, 1.165) is 25.2 Å². The van der Waals surface area contributed by atoms with E-state index in [1.807, 2.05) is 12.1 Å². The third-order valence-corrected chi connectivity index (χ3v) is 3.82. The summed E-state index contributed by atoms with van der Waals surface area (Å²) in [5, 5.41) is 13.4. The average molecular weight is 255 g/mol. The summed E-state index contributed by atoms with van der Waals surface area (Å²) in [5.41, 5.74) is 0.0300. The van der Waals surface area contributed by atoms with E-state index in [-0.39, 0.29) is 12.0 Å². The predicted octanol–water partition coefficient (Wildman–Crippen LogP) is 3.09. The van der Waals surface area contributed by atoms with E-state index in [0.29, 0.717) is 5.15 Å². The van der Waals surface area contributed by atoms with Crippen LogP contribution < -0.4 is 5.32 Å². The molecule has 0 atom stereocenters. The first-order valence-corrected chi connectivity index (χ1v) is 6.59. The third-order valence-electron chi connectivity index (χ3n) is 3.61. The van der Waals surface area contributed by atoms with Gasteiger partial charge in [0.1, 0.15) is 11.0 Å². The van der Waals surface area contributed by atoms with Crippen LogP contribution in [0.2, 0.25) is 5.15 Å². The summed E-state index contributed by atoms with van der Waals surface area (Å²) in [5.74, 6) is 0.788. The van der Waals surface area contributed by atoms with Gasteiger partial charge >= 0.3 is 0 Å². The van der Waals surface area contributed by atoms with Crippen molar-refractivity contribution in [3.8, 4) is 0 Å². The zero-order valence-electron chi connectivity index (χ0n) is 9.95. The first-order valence-electron chi connectivity index (χ1n) is 6.21.